The number of nitrogens with zero attached hydrogens (tertiary/aromatic N) is 1. The summed E-state index contributed by atoms with van der Waals surface area (Å²) in [6.45, 7) is 0.287. The zero-order valence-electron chi connectivity index (χ0n) is 16.4. The Morgan fingerprint density at radius 3 is 2.35 bits per heavy atom. The summed E-state index contributed by atoms with van der Waals surface area (Å²) in [6, 6.07) is 11.7. The number of carboxylic acid groups (broad SMARTS) is 1. The van der Waals surface area contributed by atoms with E-state index >= 15 is 0 Å². The van der Waals surface area contributed by atoms with Crippen LogP contribution in [0, 0.1) is 0 Å². The van der Waals surface area contributed by atoms with Gasteiger partial charge in [-0.15, -0.1) is 0 Å². The van der Waals surface area contributed by atoms with E-state index in [4.69, 9.17) is 28.3 Å². The highest BCUT2D eigenvalue weighted by Crippen LogP contribution is 2.25. The monoisotopic (exact) mass is 462 g/mol. The number of benzene rings is 2. The van der Waals surface area contributed by atoms with Crippen molar-refractivity contribution in [1.82, 2.24) is 5.32 Å². The summed E-state index contributed by atoms with van der Waals surface area (Å²) in [4.78, 5) is 36.9. The minimum absolute atomic E-state index is 0.00542. The molecule has 9 heteroatoms. The third-order valence-corrected chi connectivity index (χ3v) is 5.58. The van der Waals surface area contributed by atoms with E-state index in [1.807, 2.05) is 6.07 Å². The number of aliphatic hydroxyl groups excluding tert-OH is 1. The number of hydrogen-bond donors (Lipinski definition) is 3. The van der Waals surface area contributed by atoms with Crippen LogP contribution in [0.3, 0.4) is 0 Å². The van der Waals surface area contributed by atoms with E-state index < -0.39 is 23.5 Å². The lowest BCUT2D eigenvalue weighted by Crippen LogP contribution is -2.30. The van der Waals surface area contributed by atoms with Crippen molar-refractivity contribution in [2.75, 3.05) is 18.0 Å². The molecule has 0 radical (unpaired) electrons. The maximum atomic E-state index is 12.5. The molecule has 162 valence electrons. The van der Waals surface area contributed by atoms with E-state index in [-0.39, 0.29) is 18.5 Å². The second-order valence-corrected chi connectivity index (χ2v) is 7.88. The van der Waals surface area contributed by atoms with Crippen LogP contribution in [0.1, 0.15) is 17.5 Å². The predicted octanol–water partition coefficient (Wildman–Crippen LogP) is 3.53. The summed E-state index contributed by atoms with van der Waals surface area (Å²) in [5, 5.41) is 22.6. The summed E-state index contributed by atoms with van der Waals surface area (Å²) in [6.07, 6.45) is 1.18. The molecule has 1 heterocycles. The first-order valence-corrected chi connectivity index (χ1v) is 10.3. The van der Waals surface area contributed by atoms with E-state index in [2.05, 4.69) is 5.32 Å². The molecular formula is C22H20Cl2N2O5. The van der Waals surface area contributed by atoms with Crippen LogP contribution < -0.4 is 10.2 Å². The normalized spacial score (nSPS) is 13.6. The Morgan fingerprint density at radius 2 is 1.71 bits per heavy atom. The molecule has 0 atom stereocenters. The molecule has 3 N–H and O–H groups in total. The van der Waals surface area contributed by atoms with Gasteiger partial charge in [0, 0.05) is 12.2 Å². The van der Waals surface area contributed by atoms with Crippen LogP contribution in [0.5, 0.6) is 0 Å². The largest absolute Gasteiger partial charge is 0.503 e. The lowest BCUT2D eigenvalue weighted by molar-refractivity contribution is -0.136. The van der Waals surface area contributed by atoms with E-state index in [0.717, 1.165) is 5.56 Å². The van der Waals surface area contributed by atoms with Gasteiger partial charge < -0.3 is 20.4 Å². The van der Waals surface area contributed by atoms with Gasteiger partial charge in [0.05, 0.1) is 28.6 Å². The van der Waals surface area contributed by atoms with Gasteiger partial charge in [-0.25, -0.2) is 0 Å². The molecule has 0 aromatic heterocycles. The van der Waals surface area contributed by atoms with Crippen molar-refractivity contribution in [3.05, 3.63) is 75.0 Å². The Hall–Kier alpha value is -3.03. The van der Waals surface area contributed by atoms with E-state index in [0.29, 0.717) is 40.7 Å². The van der Waals surface area contributed by atoms with Crippen molar-refractivity contribution in [1.29, 1.82) is 0 Å². The average molecular weight is 463 g/mol. The van der Waals surface area contributed by atoms with Gasteiger partial charge in [0.15, 0.2) is 5.76 Å². The summed E-state index contributed by atoms with van der Waals surface area (Å²) in [5.41, 5.74) is 2.03. The number of aryl methyl sites for hydroxylation is 1. The zero-order chi connectivity index (χ0) is 22.5. The number of rotatable bonds is 8. The number of halogens is 2. The first-order chi connectivity index (χ1) is 14.8. The molecule has 0 aliphatic carbocycles. The number of nitrogens with one attached hydrogen (secondary N) is 1. The molecule has 3 rings (SSSR count). The van der Waals surface area contributed by atoms with Gasteiger partial charge in [-0.1, -0.05) is 41.4 Å². The second kappa shape index (κ2) is 9.85. The Morgan fingerprint density at radius 1 is 1.03 bits per heavy atom. The molecule has 0 bridgehead atoms. The summed E-state index contributed by atoms with van der Waals surface area (Å²) >= 11 is 11.9. The molecule has 7 nitrogen and oxygen atoms in total. The molecule has 1 aliphatic rings. The van der Waals surface area contributed by atoms with Crippen LogP contribution in [-0.4, -0.2) is 41.1 Å². The quantitative estimate of drug-likeness (QED) is 0.520. The number of carbonyl (C=O) groups excluding carboxylic acids is 2. The van der Waals surface area contributed by atoms with Gasteiger partial charge >= 0.3 is 5.97 Å². The lowest BCUT2D eigenvalue weighted by Gasteiger charge is -2.16. The molecule has 1 aliphatic heterocycles. The number of hydrogen-bond acceptors (Lipinski definition) is 4. The zero-order valence-corrected chi connectivity index (χ0v) is 17.9. The van der Waals surface area contributed by atoms with Crippen molar-refractivity contribution in [3.8, 4) is 0 Å². The highest BCUT2D eigenvalue weighted by Gasteiger charge is 2.34. The van der Waals surface area contributed by atoms with Crippen molar-refractivity contribution in [2.45, 2.75) is 19.3 Å². The standard InChI is InChI=1S/C22H20Cl2N2O5/c23-17-8-5-13(10-18(17)24)2-1-9-25-21(30)16-12-26(22(31)20(16)29)15-6-3-14(4-7-15)11-19(27)28/h3-8,10,29H,1-2,9,11-12H2,(H,25,30)(H,27,28). The van der Waals surface area contributed by atoms with Crippen LogP contribution >= 0.6 is 23.2 Å². The number of anilines is 1. The maximum Gasteiger partial charge on any atom is 0.307 e. The van der Waals surface area contributed by atoms with Crippen LogP contribution in [0.4, 0.5) is 5.69 Å². The van der Waals surface area contributed by atoms with Crippen molar-refractivity contribution < 1.29 is 24.6 Å². The third-order valence-electron chi connectivity index (χ3n) is 4.84. The summed E-state index contributed by atoms with van der Waals surface area (Å²) in [5.74, 6) is -2.73. The second-order valence-electron chi connectivity index (χ2n) is 7.06. The Bertz CT molecular complexity index is 1050. The van der Waals surface area contributed by atoms with Gasteiger partial charge in [0.25, 0.3) is 11.8 Å². The fourth-order valence-electron chi connectivity index (χ4n) is 3.21. The molecule has 0 fully saturated rings. The number of aliphatic hydroxyl groups is 1. The minimum Gasteiger partial charge on any atom is -0.503 e. The van der Waals surface area contributed by atoms with Gasteiger partial charge in [-0.3, -0.25) is 14.4 Å². The fraction of sp³-hybridized carbons (Fsp3) is 0.227. The minimum atomic E-state index is -0.956. The molecule has 31 heavy (non-hydrogen) atoms. The van der Waals surface area contributed by atoms with E-state index in [1.54, 1.807) is 36.4 Å². The Kier molecular flexibility index (Phi) is 7.20. The first-order valence-electron chi connectivity index (χ1n) is 9.53. The molecule has 2 aromatic rings. The fourth-order valence-corrected chi connectivity index (χ4v) is 3.53. The van der Waals surface area contributed by atoms with Gasteiger partial charge in [0.1, 0.15) is 0 Å². The Labute approximate surface area is 188 Å². The van der Waals surface area contributed by atoms with Gasteiger partial charge in [-0.2, -0.15) is 0 Å². The number of carboxylic acids is 1. The summed E-state index contributed by atoms with van der Waals surface area (Å²) < 4.78 is 0. The van der Waals surface area contributed by atoms with Crippen LogP contribution in [0.25, 0.3) is 0 Å². The van der Waals surface area contributed by atoms with Gasteiger partial charge in [-0.05, 0) is 48.2 Å². The molecule has 0 saturated carbocycles. The predicted molar refractivity (Wildman–Crippen MR) is 118 cm³/mol. The molecule has 0 spiro atoms. The number of carbonyl (C=O) groups is 3. The first kappa shape index (κ1) is 22.7. The van der Waals surface area contributed by atoms with Crippen molar-refractivity contribution in [2.24, 2.45) is 0 Å². The summed E-state index contributed by atoms with van der Waals surface area (Å²) in [7, 11) is 0. The highest BCUT2D eigenvalue weighted by molar-refractivity contribution is 6.42. The molecular weight excluding hydrogens is 443 g/mol. The highest BCUT2D eigenvalue weighted by atomic mass is 35.5. The van der Waals surface area contributed by atoms with Crippen LogP contribution in [-0.2, 0) is 27.2 Å². The maximum absolute atomic E-state index is 12.5. The Balaban J connectivity index is 1.54. The lowest BCUT2D eigenvalue weighted by atomic mass is 10.1. The number of amides is 2. The molecule has 0 unspecified atom stereocenters. The van der Waals surface area contributed by atoms with Crippen LogP contribution in [0.2, 0.25) is 10.0 Å². The van der Waals surface area contributed by atoms with E-state index in [9.17, 15) is 19.5 Å². The molecule has 2 amide bonds. The number of aliphatic carboxylic acids is 1. The molecule has 0 saturated heterocycles. The van der Waals surface area contributed by atoms with Gasteiger partial charge in [0.2, 0.25) is 0 Å². The topological polar surface area (TPSA) is 107 Å². The van der Waals surface area contributed by atoms with Crippen molar-refractivity contribution >= 4 is 46.7 Å². The van der Waals surface area contributed by atoms with E-state index in [1.165, 1.54) is 4.90 Å². The van der Waals surface area contributed by atoms with Crippen LogP contribution in [0.15, 0.2) is 53.8 Å². The van der Waals surface area contributed by atoms with Crippen molar-refractivity contribution in [3.63, 3.8) is 0 Å². The molecule has 2 aromatic carbocycles. The SMILES string of the molecule is O=C(O)Cc1ccc(N2CC(C(=O)NCCCc3ccc(Cl)c(Cl)c3)=C(O)C2=O)cc1. The average Bonchev–Trinajstić information content (AvgIpc) is 3.03. The smallest absolute Gasteiger partial charge is 0.307 e. The third kappa shape index (κ3) is 5.57.